The zero-order valence-electron chi connectivity index (χ0n) is 22.4. The smallest absolute Gasteiger partial charge is 0.308 e. The summed E-state index contributed by atoms with van der Waals surface area (Å²) in [6.45, 7) is 1.63. The molecule has 2 aliphatic rings. The van der Waals surface area contributed by atoms with Crippen molar-refractivity contribution in [2.75, 3.05) is 17.3 Å². The van der Waals surface area contributed by atoms with E-state index in [1.807, 2.05) is 19.1 Å². The molecule has 1 saturated heterocycles. The standard InChI is InChI=1S/C30H24ClN3O6S2/c1-15-3-10-19(11-4-15)34-27(37)24-23(16-5-12-20(35)21(13-16)40-2)26-29(41-25(24)28(34)38)33(30(39)42-26)14-22(36)32-18-8-6-17(31)7-9-18/h3-13,23-25,35H,14H2,1-2H3,(H,32,36). The van der Waals surface area contributed by atoms with Gasteiger partial charge in [-0.15, -0.1) is 0 Å². The second kappa shape index (κ2) is 11.0. The first kappa shape index (κ1) is 28.1. The zero-order valence-corrected chi connectivity index (χ0v) is 24.8. The van der Waals surface area contributed by atoms with Crippen LogP contribution in [-0.4, -0.2) is 39.8 Å². The fourth-order valence-corrected chi connectivity index (χ4v) is 8.23. The first-order valence-corrected chi connectivity index (χ1v) is 15.0. The number of nitrogens with one attached hydrogen (secondary N) is 1. The Labute approximate surface area is 253 Å². The molecule has 9 nitrogen and oxygen atoms in total. The number of thioether (sulfide) groups is 1. The van der Waals surface area contributed by atoms with E-state index in [2.05, 4.69) is 5.32 Å². The summed E-state index contributed by atoms with van der Waals surface area (Å²) in [5.41, 5.74) is 2.58. The number of imide groups is 1. The lowest BCUT2D eigenvalue weighted by molar-refractivity contribution is -0.122. The number of phenols is 1. The highest BCUT2D eigenvalue weighted by molar-refractivity contribution is 8.00. The minimum Gasteiger partial charge on any atom is -0.504 e. The van der Waals surface area contributed by atoms with Gasteiger partial charge in [-0.25, -0.2) is 4.90 Å². The van der Waals surface area contributed by atoms with Gasteiger partial charge < -0.3 is 15.2 Å². The van der Waals surface area contributed by atoms with E-state index in [0.29, 0.717) is 31.9 Å². The number of carbonyl (C=O) groups is 3. The minimum atomic E-state index is -0.837. The van der Waals surface area contributed by atoms with E-state index >= 15 is 0 Å². The molecule has 12 heteroatoms. The van der Waals surface area contributed by atoms with Crippen LogP contribution >= 0.6 is 34.7 Å². The molecule has 3 amide bonds. The maximum Gasteiger partial charge on any atom is 0.308 e. The van der Waals surface area contributed by atoms with Crippen LogP contribution < -0.4 is 19.8 Å². The maximum atomic E-state index is 14.0. The number of methoxy groups -OCH3 is 1. The summed E-state index contributed by atoms with van der Waals surface area (Å²) in [5, 5.41) is 13.2. The minimum absolute atomic E-state index is 0.0806. The Morgan fingerprint density at radius 1 is 1.02 bits per heavy atom. The molecule has 2 aliphatic heterocycles. The lowest BCUT2D eigenvalue weighted by Gasteiger charge is -2.31. The molecule has 0 saturated carbocycles. The number of phenolic OH excluding ortho intramolecular Hbond substituents is 1. The van der Waals surface area contributed by atoms with Crippen LogP contribution in [0.25, 0.3) is 0 Å². The van der Waals surface area contributed by atoms with Crippen LogP contribution in [0.5, 0.6) is 11.5 Å². The predicted octanol–water partition coefficient (Wildman–Crippen LogP) is 5.02. The van der Waals surface area contributed by atoms with Crippen molar-refractivity contribution in [3.05, 3.63) is 97.4 Å². The van der Waals surface area contributed by atoms with Crippen molar-refractivity contribution in [3.63, 3.8) is 0 Å². The van der Waals surface area contributed by atoms with Crippen molar-refractivity contribution < 1.29 is 24.2 Å². The number of rotatable bonds is 6. The molecule has 0 spiro atoms. The summed E-state index contributed by atoms with van der Waals surface area (Å²) >= 11 is 8.02. The molecule has 42 heavy (non-hydrogen) atoms. The molecule has 6 rings (SSSR count). The number of aryl methyl sites for hydroxylation is 1. The Balaban J connectivity index is 1.43. The number of hydrogen-bond donors (Lipinski definition) is 2. The topological polar surface area (TPSA) is 118 Å². The van der Waals surface area contributed by atoms with Crippen molar-refractivity contribution in [3.8, 4) is 11.5 Å². The number of aromatic nitrogens is 1. The Morgan fingerprint density at radius 2 is 1.74 bits per heavy atom. The molecule has 3 atom stereocenters. The van der Waals surface area contributed by atoms with Gasteiger partial charge in [-0.3, -0.25) is 23.7 Å². The van der Waals surface area contributed by atoms with Crippen molar-refractivity contribution >= 4 is 63.8 Å². The van der Waals surface area contributed by atoms with Gasteiger partial charge >= 0.3 is 4.87 Å². The third-order valence-corrected chi connectivity index (χ3v) is 10.2. The summed E-state index contributed by atoms with van der Waals surface area (Å²) in [4.78, 5) is 55.6. The van der Waals surface area contributed by atoms with E-state index in [1.165, 1.54) is 22.6 Å². The normalized spacial score (nSPS) is 19.4. The number of aromatic hydroxyl groups is 1. The highest BCUT2D eigenvalue weighted by Crippen LogP contribution is 2.54. The molecule has 0 aliphatic carbocycles. The molecule has 4 aromatic rings. The van der Waals surface area contributed by atoms with Gasteiger partial charge in [-0.2, -0.15) is 0 Å². The maximum absolute atomic E-state index is 14.0. The number of thiazole rings is 1. The molecular formula is C30H24ClN3O6S2. The summed E-state index contributed by atoms with van der Waals surface area (Å²) < 4.78 is 6.68. The van der Waals surface area contributed by atoms with Crippen LogP contribution in [0, 0.1) is 12.8 Å². The first-order chi connectivity index (χ1) is 20.2. The predicted molar refractivity (Wildman–Crippen MR) is 162 cm³/mol. The van der Waals surface area contributed by atoms with Crippen molar-refractivity contribution in [1.82, 2.24) is 4.57 Å². The molecule has 1 aromatic heterocycles. The number of benzene rings is 3. The van der Waals surface area contributed by atoms with Gasteiger partial charge in [0, 0.05) is 21.5 Å². The van der Waals surface area contributed by atoms with E-state index in [0.717, 1.165) is 28.7 Å². The molecule has 3 unspecified atom stereocenters. The lowest BCUT2D eigenvalue weighted by atomic mass is 9.83. The van der Waals surface area contributed by atoms with Crippen molar-refractivity contribution in [2.45, 2.75) is 29.7 Å². The largest absolute Gasteiger partial charge is 0.504 e. The van der Waals surface area contributed by atoms with Gasteiger partial charge in [-0.05, 0) is 61.0 Å². The number of hydrogen-bond acceptors (Lipinski definition) is 8. The third-order valence-electron chi connectivity index (χ3n) is 7.33. The molecule has 1 fully saturated rings. The number of carbonyl (C=O) groups excluding carboxylic acids is 3. The fraction of sp³-hybridized carbons (Fsp3) is 0.200. The monoisotopic (exact) mass is 621 g/mol. The van der Waals surface area contributed by atoms with Crippen LogP contribution in [0.3, 0.4) is 0 Å². The summed E-state index contributed by atoms with van der Waals surface area (Å²) in [6.07, 6.45) is 0. The Bertz CT molecular complexity index is 1780. The second-order valence-corrected chi connectivity index (χ2v) is 12.6. The van der Waals surface area contributed by atoms with E-state index in [4.69, 9.17) is 16.3 Å². The number of ether oxygens (including phenoxy) is 1. The number of amides is 3. The number of fused-ring (bicyclic) bond motifs is 2. The van der Waals surface area contributed by atoms with Gasteiger partial charge in [-0.1, -0.05) is 58.5 Å². The summed E-state index contributed by atoms with van der Waals surface area (Å²) in [6, 6.07) is 18.5. The highest BCUT2D eigenvalue weighted by atomic mass is 35.5. The van der Waals surface area contributed by atoms with Crippen molar-refractivity contribution in [1.29, 1.82) is 0 Å². The third kappa shape index (κ3) is 4.87. The van der Waals surface area contributed by atoms with Gasteiger partial charge in [0.1, 0.15) is 11.8 Å². The SMILES string of the molecule is COc1cc(C2c3sc(=O)n(CC(=O)Nc4ccc(Cl)cc4)c3SC3C(=O)N(c4ccc(C)cc4)C(=O)C32)ccc1O. The lowest BCUT2D eigenvalue weighted by Crippen LogP contribution is -2.33. The van der Waals surface area contributed by atoms with Gasteiger partial charge in [0.2, 0.25) is 17.7 Å². The van der Waals surface area contributed by atoms with Crippen LogP contribution in [0.2, 0.25) is 5.02 Å². The average molecular weight is 622 g/mol. The summed E-state index contributed by atoms with van der Waals surface area (Å²) in [7, 11) is 1.42. The molecule has 0 bridgehead atoms. The number of halogens is 1. The Hall–Kier alpha value is -4.06. The van der Waals surface area contributed by atoms with E-state index < -0.39 is 28.9 Å². The zero-order chi connectivity index (χ0) is 29.7. The second-order valence-electron chi connectivity index (χ2n) is 10.00. The van der Waals surface area contributed by atoms with E-state index in [9.17, 15) is 24.3 Å². The van der Waals surface area contributed by atoms with Gasteiger partial charge in [0.05, 0.1) is 23.7 Å². The summed E-state index contributed by atoms with van der Waals surface area (Å²) in [5.74, 6) is -2.59. The molecule has 3 aromatic carbocycles. The Kier molecular flexibility index (Phi) is 7.34. The van der Waals surface area contributed by atoms with Gasteiger partial charge in [0.25, 0.3) is 0 Å². The van der Waals surface area contributed by atoms with Gasteiger partial charge in [0.15, 0.2) is 11.5 Å². The van der Waals surface area contributed by atoms with Crippen LogP contribution in [0.4, 0.5) is 11.4 Å². The van der Waals surface area contributed by atoms with Crippen molar-refractivity contribution in [2.24, 2.45) is 5.92 Å². The quantitative estimate of drug-likeness (QED) is 0.290. The molecule has 3 heterocycles. The average Bonchev–Trinajstić information content (AvgIpc) is 3.41. The fourth-order valence-electron chi connectivity index (χ4n) is 5.33. The molecular weight excluding hydrogens is 598 g/mol. The van der Waals surface area contributed by atoms with Crippen LogP contribution in [0.15, 0.2) is 76.6 Å². The number of anilines is 2. The first-order valence-electron chi connectivity index (χ1n) is 12.9. The Morgan fingerprint density at radius 3 is 2.43 bits per heavy atom. The highest BCUT2D eigenvalue weighted by Gasteiger charge is 2.57. The number of nitrogens with zero attached hydrogens (tertiary/aromatic N) is 2. The van der Waals surface area contributed by atoms with E-state index in [1.54, 1.807) is 48.5 Å². The molecule has 0 radical (unpaired) electrons. The molecule has 214 valence electrons. The molecule has 2 N–H and O–H groups in total. The van der Waals surface area contributed by atoms with Crippen LogP contribution in [-0.2, 0) is 20.9 Å². The van der Waals surface area contributed by atoms with E-state index in [-0.39, 0.29) is 28.8 Å². The van der Waals surface area contributed by atoms with Crippen LogP contribution in [0.1, 0.15) is 21.9 Å².